The lowest BCUT2D eigenvalue weighted by Gasteiger charge is -2.30. The Morgan fingerprint density at radius 3 is 2.73 bits per heavy atom. The van der Waals surface area contributed by atoms with Crippen molar-refractivity contribution in [2.45, 2.75) is 57.7 Å². The van der Waals surface area contributed by atoms with Crippen molar-refractivity contribution in [3.05, 3.63) is 57.3 Å². The van der Waals surface area contributed by atoms with E-state index in [0.29, 0.717) is 23.7 Å². The molecule has 2 aromatic rings. The third kappa shape index (κ3) is 3.16. The zero-order chi connectivity index (χ0) is 18.1. The summed E-state index contributed by atoms with van der Waals surface area (Å²) in [5, 5.41) is 5.05. The molecule has 1 atom stereocenters. The van der Waals surface area contributed by atoms with Gasteiger partial charge >= 0.3 is 0 Å². The van der Waals surface area contributed by atoms with Gasteiger partial charge in [0.1, 0.15) is 0 Å². The maximum absolute atomic E-state index is 13.1. The van der Waals surface area contributed by atoms with Gasteiger partial charge in [0.05, 0.1) is 17.2 Å². The van der Waals surface area contributed by atoms with Crippen LogP contribution in [0.3, 0.4) is 0 Å². The van der Waals surface area contributed by atoms with Crippen molar-refractivity contribution in [1.29, 1.82) is 0 Å². The maximum atomic E-state index is 13.1. The standard InChI is InChI=1S/C21H24N2O2S/c1-14(18-11-6-12-26-18)22-20(24)17-10-5-7-15-13-23(21(25)19(15)17)16-8-3-2-4-9-16/h5-7,10-12,14,16H,2-4,8-9,13H2,1H3,(H,22,24). The number of benzene rings is 1. The number of nitrogens with one attached hydrogen (secondary N) is 1. The molecule has 1 unspecified atom stereocenters. The highest BCUT2D eigenvalue weighted by Gasteiger charge is 2.36. The van der Waals surface area contributed by atoms with E-state index in [0.717, 1.165) is 23.3 Å². The van der Waals surface area contributed by atoms with Gasteiger partial charge in [-0.2, -0.15) is 0 Å². The number of nitrogens with zero attached hydrogens (tertiary/aromatic N) is 1. The van der Waals surface area contributed by atoms with Crippen LogP contribution in [0.2, 0.25) is 0 Å². The van der Waals surface area contributed by atoms with Gasteiger partial charge in [0.15, 0.2) is 0 Å². The summed E-state index contributed by atoms with van der Waals surface area (Å²) in [6.07, 6.45) is 5.81. The van der Waals surface area contributed by atoms with Gasteiger partial charge in [-0.25, -0.2) is 0 Å². The molecule has 1 saturated carbocycles. The number of hydrogen-bond acceptors (Lipinski definition) is 3. The molecule has 136 valence electrons. The SMILES string of the molecule is CC(NC(=O)c1cccc2c1C(=O)N(C1CCCCC1)C2)c1cccs1. The largest absolute Gasteiger partial charge is 0.345 e. The molecule has 2 heterocycles. The zero-order valence-corrected chi connectivity index (χ0v) is 15.8. The quantitative estimate of drug-likeness (QED) is 0.862. The molecule has 26 heavy (non-hydrogen) atoms. The highest BCUT2D eigenvalue weighted by atomic mass is 32.1. The zero-order valence-electron chi connectivity index (χ0n) is 15.0. The molecular formula is C21H24N2O2S. The fourth-order valence-electron chi connectivity index (χ4n) is 4.14. The van der Waals surface area contributed by atoms with Crippen molar-refractivity contribution in [3.63, 3.8) is 0 Å². The second-order valence-corrected chi connectivity index (χ2v) is 8.25. The summed E-state index contributed by atoms with van der Waals surface area (Å²) in [5.41, 5.74) is 2.10. The first-order valence-corrected chi connectivity index (χ1v) is 10.3. The van der Waals surface area contributed by atoms with Crippen molar-refractivity contribution >= 4 is 23.2 Å². The molecule has 0 spiro atoms. The molecule has 4 nitrogen and oxygen atoms in total. The van der Waals surface area contributed by atoms with E-state index >= 15 is 0 Å². The van der Waals surface area contributed by atoms with E-state index < -0.39 is 0 Å². The highest BCUT2D eigenvalue weighted by molar-refractivity contribution is 7.10. The summed E-state index contributed by atoms with van der Waals surface area (Å²) in [7, 11) is 0. The molecule has 2 amide bonds. The van der Waals surface area contributed by atoms with E-state index in [1.165, 1.54) is 19.3 Å². The van der Waals surface area contributed by atoms with Crippen molar-refractivity contribution in [2.24, 2.45) is 0 Å². The Bertz CT molecular complexity index is 809. The van der Waals surface area contributed by atoms with Crippen molar-refractivity contribution < 1.29 is 9.59 Å². The predicted molar refractivity (Wildman–Crippen MR) is 103 cm³/mol. The van der Waals surface area contributed by atoms with Crippen LogP contribution in [0.4, 0.5) is 0 Å². The van der Waals surface area contributed by atoms with Crippen LogP contribution >= 0.6 is 11.3 Å². The topological polar surface area (TPSA) is 49.4 Å². The first-order chi connectivity index (χ1) is 12.6. The summed E-state index contributed by atoms with van der Waals surface area (Å²) in [6.45, 7) is 2.61. The third-order valence-corrected chi connectivity index (χ3v) is 6.60. The van der Waals surface area contributed by atoms with Crippen LogP contribution in [-0.4, -0.2) is 22.8 Å². The lowest BCUT2D eigenvalue weighted by atomic mass is 9.94. The Kier molecular flexibility index (Phi) is 4.81. The van der Waals surface area contributed by atoms with Crippen molar-refractivity contribution in [2.75, 3.05) is 0 Å². The molecule has 1 aliphatic heterocycles. The molecule has 0 saturated heterocycles. The molecule has 0 bridgehead atoms. The maximum Gasteiger partial charge on any atom is 0.255 e. The van der Waals surface area contributed by atoms with Gasteiger partial charge in [0.25, 0.3) is 11.8 Å². The lowest BCUT2D eigenvalue weighted by molar-refractivity contribution is 0.0656. The first kappa shape index (κ1) is 17.3. The predicted octanol–water partition coefficient (Wildman–Crippen LogP) is 4.53. The molecule has 1 aromatic carbocycles. The van der Waals surface area contributed by atoms with Crippen LogP contribution in [0.5, 0.6) is 0 Å². The van der Waals surface area contributed by atoms with Gasteiger partial charge in [0.2, 0.25) is 0 Å². The molecular weight excluding hydrogens is 344 g/mol. The summed E-state index contributed by atoms with van der Waals surface area (Å²) in [5.74, 6) is -0.136. The number of rotatable bonds is 4. The summed E-state index contributed by atoms with van der Waals surface area (Å²) in [6, 6.07) is 9.90. The fourth-order valence-corrected chi connectivity index (χ4v) is 4.88. The van der Waals surface area contributed by atoms with Crippen LogP contribution in [0.15, 0.2) is 35.7 Å². The van der Waals surface area contributed by atoms with E-state index in [1.54, 1.807) is 17.4 Å². The van der Waals surface area contributed by atoms with Crippen LogP contribution in [0.1, 0.15) is 76.2 Å². The number of fused-ring (bicyclic) bond motifs is 1. The molecule has 0 radical (unpaired) electrons. The summed E-state index contributed by atoms with van der Waals surface area (Å²) >= 11 is 1.62. The average molecular weight is 369 g/mol. The number of amides is 2. The van der Waals surface area contributed by atoms with E-state index in [-0.39, 0.29) is 17.9 Å². The summed E-state index contributed by atoms with van der Waals surface area (Å²) in [4.78, 5) is 29.0. The molecule has 5 heteroatoms. The van der Waals surface area contributed by atoms with Crippen molar-refractivity contribution in [1.82, 2.24) is 10.2 Å². The lowest BCUT2D eigenvalue weighted by Crippen LogP contribution is -2.37. The number of carbonyl (C=O) groups excluding carboxylic acids is 2. The van der Waals surface area contributed by atoms with Crippen LogP contribution < -0.4 is 5.32 Å². The Balaban J connectivity index is 1.56. The van der Waals surface area contributed by atoms with Crippen LogP contribution in [-0.2, 0) is 6.54 Å². The van der Waals surface area contributed by atoms with Gasteiger partial charge in [-0.3, -0.25) is 9.59 Å². The Morgan fingerprint density at radius 2 is 2.00 bits per heavy atom. The van der Waals surface area contributed by atoms with E-state index in [1.807, 2.05) is 41.5 Å². The monoisotopic (exact) mass is 368 g/mol. The van der Waals surface area contributed by atoms with Gasteiger partial charge in [-0.05, 0) is 42.8 Å². The van der Waals surface area contributed by atoms with E-state index in [2.05, 4.69) is 5.32 Å². The Morgan fingerprint density at radius 1 is 1.19 bits per heavy atom. The van der Waals surface area contributed by atoms with Gasteiger partial charge in [-0.1, -0.05) is 37.5 Å². The van der Waals surface area contributed by atoms with Crippen molar-refractivity contribution in [3.8, 4) is 0 Å². The minimum atomic E-state index is -0.165. The number of hydrogen-bond donors (Lipinski definition) is 1. The minimum absolute atomic E-state index is 0.0291. The van der Waals surface area contributed by atoms with Gasteiger partial charge in [0, 0.05) is 17.5 Å². The molecule has 1 N–H and O–H groups in total. The van der Waals surface area contributed by atoms with E-state index in [4.69, 9.17) is 0 Å². The van der Waals surface area contributed by atoms with Crippen LogP contribution in [0, 0.1) is 0 Å². The minimum Gasteiger partial charge on any atom is -0.345 e. The number of carbonyl (C=O) groups is 2. The Labute approximate surface area is 158 Å². The smallest absolute Gasteiger partial charge is 0.255 e. The number of thiophene rings is 1. The van der Waals surface area contributed by atoms with Crippen LogP contribution in [0.25, 0.3) is 0 Å². The fraction of sp³-hybridized carbons (Fsp3) is 0.429. The van der Waals surface area contributed by atoms with E-state index in [9.17, 15) is 9.59 Å². The van der Waals surface area contributed by atoms with Gasteiger partial charge < -0.3 is 10.2 Å². The molecule has 2 aliphatic rings. The Hall–Kier alpha value is -2.14. The summed E-state index contributed by atoms with van der Waals surface area (Å²) < 4.78 is 0. The molecule has 4 rings (SSSR count). The van der Waals surface area contributed by atoms with Gasteiger partial charge in [-0.15, -0.1) is 11.3 Å². The molecule has 1 fully saturated rings. The second kappa shape index (κ2) is 7.23. The first-order valence-electron chi connectivity index (χ1n) is 9.42. The second-order valence-electron chi connectivity index (χ2n) is 7.28. The molecule has 1 aromatic heterocycles. The highest BCUT2D eigenvalue weighted by Crippen LogP contribution is 2.32. The molecule has 1 aliphatic carbocycles. The normalized spacial score (nSPS) is 18.7. The third-order valence-electron chi connectivity index (χ3n) is 5.54. The average Bonchev–Trinajstić information content (AvgIpc) is 3.31.